The predicted molar refractivity (Wildman–Crippen MR) is 129 cm³/mol. The Hall–Kier alpha value is -3.87. The summed E-state index contributed by atoms with van der Waals surface area (Å²) in [5, 5.41) is 10.2. The monoisotopic (exact) mass is 444 g/mol. The Kier molecular flexibility index (Phi) is 7.19. The van der Waals surface area contributed by atoms with Crippen LogP contribution in [0.25, 0.3) is 11.6 Å². The van der Waals surface area contributed by atoms with E-state index in [1.54, 1.807) is 19.5 Å². The van der Waals surface area contributed by atoms with Crippen molar-refractivity contribution in [3.8, 4) is 5.75 Å². The molecule has 0 saturated heterocycles. The predicted octanol–water partition coefficient (Wildman–Crippen LogP) is 4.13. The zero-order valence-electron chi connectivity index (χ0n) is 18.7. The summed E-state index contributed by atoms with van der Waals surface area (Å²) in [6.45, 7) is 0.120. The molecule has 1 saturated carbocycles. The second-order valence-electron chi connectivity index (χ2n) is 8.10. The Morgan fingerprint density at radius 2 is 1.82 bits per heavy atom. The smallest absolute Gasteiger partial charge is 0.256 e. The zero-order valence-corrected chi connectivity index (χ0v) is 18.7. The van der Waals surface area contributed by atoms with E-state index in [1.165, 1.54) is 4.68 Å². The SMILES string of the molecule is COc1ccccc1/C=C(/C(=O)Nc1cnn(CC(=O)NC2CCCC2)c1)c1ccccc1. The summed E-state index contributed by atoms with van der Waals surface area (Å²) in [5.41, 5.74) is 2.60. The van der Waals surface area contributed by atoms with Crippen molar-refractivity contribution in [3.63, 3.8) is 0 Å². The molecule has 2 amide bonds. The fourth-order valence-corrected chi connectivity index (χ4v) is 4.04. The molecule has 7 heteroatoms. The van der Waals surface area contributed by atoms with E-state index in [2.05, 4.69) is 15.7 Å². The van der Waals surface area contributed by atoms with Crippen molar-refractivity contribution in [1.29, 1.82) is 0 Å². The summed E-state index contributed by atoms with van der Waals surface area (Å²) < 4.78 is 6.97. The van der Waals surface area contributed by atoms with Crippen LogP contribution >= 0.6 is 0 Å². The van der Waals surface area contributed by atoms with Gasteiger partial charge in [-0.15, -0.1) is 0 Å². The van der Waals surface area contributed by atoms with Gasteiger partial charge in [0.15, 0.2) is 0 Å². The number of hydrogen-bond donors (Lipinski definition) is 2. The minimum Gasteiger partial charge on any atom is -0.496 e. The largest absolute Gasteiger partial charge is 0.496 e. The number of methoxy groups -OCH3 is 1. The molecule has 0 radical (unpaired) electrons. The van der Waals surface area contributed by atoms with Crippen LogP contribution in [0.1, 0.15) is 36.8 Å². The Labute approximate surface area is 193 Å². The number of aromatic nitrogens is 2. The molecule has 1 aromatic heterocycles. The number of carbonyl (C=O) groups excluding carboxylic acids is 2. The highest BCUT2D eigenvalue weighted by Crippen LogP contribution is 2.26. The molecule has 4 rings (SSSR count). The van der Waals surface area contributed by atoms with Crippen LogP contribution in [-0.4, -0.2) is 34.7 Å². The van der Waals surface area contributed by atoms with Crippen LogP contribution in [0.3, 0.4) is 0 Å². The topological polar surface area (TPSA) is 85.2 Å². The van der Waals surface area contributed by atoms with Crippen LogP contribution in [0.4, 0.5) is 5.69 Å². The molecule has 0 bridgehead atoms. The maximum absolute atomic E-state index is 13.2. The fraction of sp³-hybridized carbons (Fsp3) is 0.269. The van der Waals surface area contributed by atoms with Crippen molar-refractivity contribution >= 4 is 29.2 Å². The van der Waals surface area contributed by atoms with Crippen molar-refractivity contribution in [1.82, 2.24) is 15.1 Å². The molecular formula is C26H28N4O3. The third kappa shape index (κ3) is 5.88. The molecule has 3 aromatic rings. The summed E-state index contributed by atoms with van der Waals surface area (Å²) in [7, 11) is 1.60. The Morgan fingerprint density at radius 3 is 2.58 bits per heavy atom. The molecule has 7 nitrogen and oxygen atoms in total. The average molecular weight is 445 g/mol. The molecule has 1 fully saturated rings. The van der Waals surface area contributed by atoms with Gasteiger partial charge >= 0.3 is 0 Å². The summed E-state index contributed by atoms with van der Waals surface area (Å²) in [6.07, 6.45) is 9.41. The minimum atomic E-state index is -0.276. The highest BCUT2D eigenvalue weighted by molar-refractivity contribution is 6.29. The van der Waals surface area contributed by atoms with Crippen LogP contribution in [-0.2, 0) is 16.1 Å². The molecule has 1 aliphatic rings. The van der Waals surface area contributed by atoms with Gasteiger partial charge in [-0.1, -0.05) is 61.4 Å². The van der Waals surface area contributed by atoms with Gasteiger partial charge in [0, 0.05) is 23.4 Å². The van der Waals surface area contributed by atoms with E-state index in [0.717, 1.165) is 36.8 Å². The lowest BCUT2D eigenvalue weighted by Gasteiger charge is -2.11. The molecule has 1 aliphatic carbocycles. The Bertz CT molecular complexity index is 1130. The van der Waals surface area contributed by atoms with Gasteiger partial charge < -0.3 is 15.4 Å². The van der Waals surface area contributed by atoms with Gasteiger partial charge in [-0.2, -0.15) is 5.10 Å². The highest BCUT2D eigenvalue weighted by Gasteiger charge is 2.18. The second kappa shape index (κ2) is 10.6. The third-order valence-electron chi connectivity index (χ3n) is 5.69. The Morgan fingerprint density at radius 1 is 1.09 bits per heavy atom. The van der Waals surface area contributed by atoms with E-state index < -0.39 is 0 Å². The number of nitrogens with zero attached hydrogens (tertiary/aromatic N) is 2. The molecule has 0 spiro atoms. The lowest BCUT2D eigenvalue weighted by molar-refractivity contribution is -0.122. The van der Waals surface area contributed by atoms with E-state index >= 15 is 0 Å². The molecule has 0 aliphatic heterocycles. The van der Waals surface area contributed by atoms with Crippen LogP contribution < -0.4 is 15.4 Å². The van der Waals surface area contributed by atoms with E-state index in [0.29, 0.717) is 17.0 Å². The number of amides is 2. The van der Waals surface area contributed by atoms with E-state index in [4.69, 9.17) is 4.74 Å². The zero-order chi connectivity index (χ0) is 23.0. The van der Waals surface area contributed by atoms with Crippen molar-refractivity contribution in [3.05, 3.63) is 78.1 Å². The molecule has 0 atom stereocenters. The van der Waals surface area contributed by atoms with E-state index in [-0.39, 0.29) is 24.4 Å². The first-order valence-corrected chi connectivity index (χ1v) is 11.2. The van der Waals surface area contributed by atoms with Gasteiger partial charge in [0.2, 0.25) is 5.91 Å². The van der Waals surface area contributed by atoms with Gasteiger partial charge in [-0.3, -0.25) is 14.3 Å². The lowest BCUT2D eigenvalue weighted by Crippen LogP contribution is -2.35. The van der Waals surface area contributed by atoms with Gasteiger partial charge in [0.1, 0.15) is 12.3 Å². The molecular weight excluding hydrogens is 416 g/mol. The minimum absolute atomic E-state index is 0.0658. The summed E-state index contributed by atoms with van der Waals surface area (Å²) in [5.74, 6) is 0.339. The fourth-order valence-electron chi connectivity index (χ4n) is 4.04. The van der Waals surface area contributed by atoms with Crippen molar-refractivity contribution < 1.29 is 14.3 Å². The number of rotatable bonds is 8. The first-order chi connectivity index (χ1) is 16.1. The number of nitrogens with one attached hydrogen (secondary N) is 2. The number of hydrogen-bond acceptors (Lipinski definition) is 4. The Balaban J connectivity index is 1.49. The standard InChI is InChI=1S/C26H28N4O3/c1-33-24-14-8-5-11-20(24)15-23(19-9-3-2-4-10-19)26(32)29-22-16-27-30(17-22)18-25(31)28-21-12-6-7-13-21/h2-5,8-11,14-17,21H,6-7,12-13,18H2,1H3,(H,28,31)(H,29,32)/b23-15+. The van der Waals surface area contributed by atoms with Gasteiger partial charge in [-0.25, -0.2) is 0 Å². The quantitative estimate of drug-likeness (QED) is 0.404. The molecule has 2 N–H and O–H groups in total. The number of anilines is 1. The van der Waals surface area contributed by atoms with Gasteiger partial charge in [0.05, 0.1) is 19.0 Å². The van der Waals surface area contributed by atoms with Gasteiger partial charge in [-0.05, 0) is 30.5 Å². The maximum atomic E-state index is 13.2. The van der Waals surface area contributed by atoms with E-state index in [9.17, 15) is 9.59 Å². The lowest BCUT2D eigenvalue weighted by atomic mass is 10.0. The number of para-hydroxylation sites is 1. The van der Waals surface area contributed by atoms with Crippen LogP contribution in [0, 0.1) is 0 Å². The summed E-state index contributed by atoms with van der Waals surface area (Å²) >= 11 is 0. The number of ether oxygens (including phenoxy) is 1. The van der Waals surface area contributed by atoms with Crippen LogP contribution in [0.15, 0.2) is 67.0 Å². The number of benzene rings is 2. The molecule has 0 unspecified atom stereocenters. The van der Waals surface area contributed by atoms with Gasteiger partial charge in [0.25, 0.3) is 5.91 Å². The van der Waals surface area contributed by atoms with E-state index in [1.807, 2.05) is 60.7 Å². The second-order valence-corrected chi connectivity index (χ2v) is 8.10. The first kappa shape index (κ1) is 22.3. The maximum Gasteiger partial charge on any atom is 0.256 e. The number of carbonyl (C=O) groups is 2. The first-order valence-electron chi connectivity index (χ1n) is 11.2. The molecule has 1 heterocycles. The highest BCUT2D eigenvalue weighted by atomic mass is 16.5. The van der Waals surface area contributed by atoms with Crippen LogP contribution in [0.5, 0.6) is 5.75 Å². The van der Waals surface area contributed by atoms with Crippen LogP contribution in [0.2, 0.25) is 0 Å². The average Bonchev–Trinajstić information content (AvgIpc) is 3.50. The molecule has 33 heavy (non-hydrogen) atoms. The molecule has 2 aromatic carbocycles. The van der Waals surface area contributed by atoms with Crippen molar-refractivity contribution in [2.24, 2.45) is 0 Å². The molecule has 170 valence electrons. The summed E-state index contributed by atoms with van der Waals surface area (Å²) in [4.78, 5) is 25.5. The van der Waals surface area contributed by atoms with Crippen molar-refractivity contribution in [2.75, 3.05) is 12.4 Å². The third-order valence-corrected chi connectivity index (χ3v) is 5.69. The summed E-state index contributed by atoms with van der Waals surface area (Å²) in [6, 6.07) is 17.3. The van der Waals surface area contributed by atoms with Crippen molar-refractivity contribution in [2.45, 2.75) is 38.3 Å². The normalized spacial score (nSPS) is 14.2.